The standard InChI is InChI=1S/C15H15F3OS/c16-15(17,18)12-4-1-3-11(9-12)10-13(19)6-7-14-5-2-8-20-14/h1-5,8-9,13,19H,6-7,10H2. The summed E-state index contributed by atoms with van der Waals surface area (Å²) >= 11 is 1.62. The molecule has 108 valence electrons. The number of benzene rings is 1. The van der Waals surface area contributed by atoms with Gasteiger partial charge in [0.05, 0.1) is 11.7 Å². The van der Waals surface area contributed by atoms with Gasteiger partial charge in [0, 0.05) is 4.88 Å². The first-order valence-electron chi connectivity index (χ1n) is 6.32. The summed E-state index contributed by atoms with van der Waals surface area (Å²) in [6.45, 7) is 0. The van der Waals surface area contributed by atoms with Crippen LogP contribution in [0.15, 0.2) is 41.8 Å². The Morgan fingerprint density at radius 3 is 2.60 bits per heavy atom. The summed E-state index contributed by atoms with van der Waals surface area (Å²) in [5.74, 6) is 0. The van der Waals surface area contributed by atoms with E-state index in [0.29, 0.717) is 12.0 Å². The van der Waals surface area contributed by atoms with Crippen molar-refractivity contribution in [2.75, 3.05) is 0 Å². The van der Waals surface area contributed by atoms with Crippen molar-refractivity contribution in [2.24, 2.45) is 0 Å². The average molecular weight is 300 g/mol. The van der Waals surface area contributed by atoms with Gasteiger partial charge in [-0.05, 0) is 42.3 Å². The van der Waals surface area contributed by atoms with Gasteiger partial charge in [-0.2, -0.15) is 13.2 Å². The van der Waals surface area contributed by atoms with Crippen LogP contribution >= 0.6 is 11.3 Å². The highest BCUT2D eigenvalue weighted by Crippen LogP contribution is 2.29. The minimum atomic E-state index is -4.34. The predicted octanol–water partition coefficient (Wildman–Crippen LogP) is 4.30. The second-order valence-corrected chi connectivity index (χ2v) is 5.71. The van der Waals surface area contributed by atoms with Crippen LogP contribution < -0.4 is 0 Å². The highest BCUT2D eigenvalue weighted by molar-refractivity contribution is 7.09. The van der Waals surface area contributed by atoms with E-state index < -0.39 is 17.8 Å². The summed E-state index contributed by atoms with van der Waals surface area (Å²) in [7, 11) is 0. The zero-order valence-electron chi connectivity index (χ0n) is 10.7. The first kappa shape index (κ1) is 15.1. The second-order valence-electron chi connectivity index (χ2n) is 4.67. The van der Waals surface area contributed by atoms with E-state index in [1.54, 1.807) is 17.4 Å². The molecule has 0 saturated heterocycles. The van der Waals surface area contributed by atoms with Gasteiger partial charge >= 0.3 is 6.18 Å². The van der Waals surface area contributed by atoms with Crippen LogP contribution in [0, 0.1) is 0 Å². The van der Waals surface area contributed by atoms with E-state index in [4.69, 9.17) is 0 Å². The molecule has 0 bridgehead atoms. The van der Waals surface area contributed by atoms with Crippen LogP contribution in [0.3, 0.4) is 0 Å². The van der Waals surface area contributed by atoms with E-state index in [0.717, 1.165) is 18.6 Å². The van der Waals surface area contributed by atoms with Crippen molar-refractivity contribution in [3.05, 3.63) is 57.8 Å². The van der Waals surface area contributed by atoms with E-state index in [1.165, 1.54) is 10.9 Å². The lowest BCUT2D eigenvalue weighted by atomic mass is 10.0. The molecule has 1 heterocycles. The highest BCUT2D eigenvalue weighted by atomic mass is 32.1. The maximum atomic E-state index is 12.6. The van der Waals surface area contributed by atoms with Crippen LogP contribution in [0.25, 0.3) is 0 Å². The Hall–Kier alpha value is -1.33. The quantitative estimate of drug-likeness (QED) is 0.872. The SMILES string of the molecule is OC(CCc1cccs1)Cc1cccc(C(F)(F)F)c1. The van der Waals surface area contributed by atoms with Crippen molar-refractivity contribution in [3.8, 4) is 0 Å². The van der Waals surface area contributed by atoms with Crippen molar-refractivity contribution < 1.29 is 18.3 Å². The molecule has 0 radical (unpaired) electrons. The number of aryl methyl sites for hydroxylation is 1. The maximum absolute atomic E-state index is 12.6. The molecule has 20 heavy (non-hydrogen) atoms. The number of aliphatic hydroxyl groups excluding tert-OH is 1. The Kier molecular flexibility index (Phi) is 4.83. The lowest BCUT2D eigenvalue weighted by Crippen LogP contribution is -2.12. The van der Waals surface area contributed by atoms with Crippen LogP contribution in [-0.2, 0) is 19.0 Å². The van der Waals surface area contributed by atoms with Crippen molar-refractivity contribution in [1.82, 2.24) is 0 Å². The lowest BCUT2D eigenvalue weighted by Gasteiger charge is -2.12. The molecule has 0 spiro atoms. The summed E-state index contributed by atoms with van der Waals surface area (Å²) in [6.07, 6.45) is -3.41. The molecule has 1 unspecified atom stereocenters. The molecule has 2 aromatic rings. The van der Waals surface area contributed by atoms with E-state index >= 15 is 0 Å². The van der Waals surface area contributed by atoms with Crippen molar-refractivity contribution >= 4 is 11.3 Å². The molecule has 5 heteroatoms. The third-order valence-electron chi connectivity index (χ3n) is 3.03. The molecule has 0 fully saturated rings. The predicted molar refractivity (Wildman–Crippen MR) is 73.8 cm³/mol. The number of aliphatic hydroxyl groups is 1. The summed E-state index contributed by atoms with van der Waals surface area (Å²) in [4.78, 5) is 1.17. The Morgan fingerprint density at radius 1 is 1.15 bits per heavy atom. The van der Waals surface area contributed by atoms with E-state index in [2.05, 4.69) is 0 Å². The van der Waals surface area contributed by atoms with Crippen molar-refractivity contribution in [3.63, 3.8) is 0 Å². The second kappa shape index (κ2) is 6.41. The summed E-state index contributed by atoms with van der Waals surface area (Å²) in [5.41, 5.74) is -0.154. The van der Waals surface area contributed by atoms with E-state index in [1.807, 2.05) is 17.5 Å². The van der Waals surface area contributed by atoms with Gasteiger partial charge in [-0.3, -0.25) is 0 Å². The Morgan fingerprint density at radius 2 is 1.95 bits per heavy atom. The molecule has 0 aliphatic carbocycles. The van der Waals surface area contributed by atoms with Gasteiger partial charge in [0.1, 0.15) is 0 Å². The first-order valence-corrected chi connectivity index (χ1v) is 7.19. The minimum Gasteiger partial charge on any atom is -0.393 e. The van der Waals surface area contributed by atoms with Crippen molar-refractivity contribution in [1.29, 1.82) is 0 Å². The highest BCUT2D eigenvalue weighted by Gasteiger charge is 2.30. The molecular weight excluding hydrogens is 285 g/mol. The van der Waals surface area contributed by atoms with Crippen LogP contribution in [0.1, 0.15) is 22.4 Å². The fourth-order valence-electron chi connectivity index (χ4n) is 2.01. The van der Waals surface area contributed by atoms with Gasteiger partial charge < -0.3 is 5.11 Å². The third-order valence-corrected chi connectivity index (χ3v) is 3.97. The van der Waals surface area contributed by atoms with Gasteiger partial charge in [0.2, 0.25) is 0 Å². The molecule has 0 amide bonds. The van der Waals surface area contributed by atoms with Gasteiger partial charge in [-0.25, -0.2) is 0 Å². The monoisotopic (exact) mass is 300 g/mol. The molecule has 1 N–H and O–H groups in total. The molecule has 0 aliphatic heterocycles. The van der Waals surface area contributed by atoms with Crippen molar-refractivity contribution in [2.45, 2.75) is 31.5 Å². The number of hydrogen-bond acceptors (Lipinski definition) is 2. The molecule has 0 aliphatic rings. The van der Waals surface area contributed by atoms with E-state index in [-0.39, 0.29) is 6.42 Å². The topological polar surface area (TPSA) is 20.2 Å². The zero-order valence-corrected chi connectivity index (χ0v) is 11.5. The Bertz CT molecular complexity index is 534. The number of alkyl halides is 3. The fraction of sp³-hybridized carbons (Fsp3) is 0.333. The first-order chi connectivity index (χ1) is 9.45. The number of hydrogen-bond donors (Lipinski definition) is 1. The van der Waals surface area contributed by atoms with Crippen LogP contribution in [0.2, 0.25) is 0 Å². The minimum absolute atomic E-state index is 0.245. The number of thiophene rings is 1. The molecular formula is C15H15F3OS. The van der Waals surface area contributed by atoms with Gasteiger partial charge in [0.25, 0.3) is 0 Å². The lowest BCUT2D eigenvalue weighted by molar-refractivity contribution is -0.137. The average Bonchev–Trinajstić information content (AvgIpc) is 2.89. The van der Waals surface area contributed by atoms with Crippen LogP contribution in [0.4, 0.5) is 13.2 Å². The number of halogens is 3. The molecule has 2 rings (SSSR count). The molecule has 1 atom stereocenters. The third kappa shape index (κ3) is 4.35. The molecule has 1 aromatic heterocycles. The van der Waals surface area contributed by atoms with Gasteiger partial charge in [-0.1, -0.05) is 24.3 Å². The molecule has 1 nitrogen and oxygen atoms in total. The number of rotatable bonds is 5. The Balaban J connectivity index is 1.92. The summed E-state index contributed by atoms with van der Waals surface area (Å²) < 4.78 is 37.7. The fourth-order valence-corrected chi connectivity index (χ4v) is 2.74. The molecule has 1 aromatic carbocycles. The normalized spacial score (nSPS) is 13.4. The zero-order chi connectivity index (χ0) is 14.6. The van der Waals surface area contributed by atoms with E-state index in [9.17, 15) is 18.3 Å². The summed E-state index contributed by atoms with van der Waals surface area (Å²) in [6, 6.07) is 9.07. The summed E-state index contributed by atoms with van der Waals surface area (Å²) in [5, 5.41) is 11.9. The van der Waals surface area contributed by atoms with Gasteiger partial charge in [-0.15, -0.1) is 11.3 Å². The van der Waals surface area contributed by atoms with Gasteiger partial charge in [0.15, 0.2) is 0 Å². The van der Waals surface area contributed by atoms with Crippen LogP contribution in [0.5, 0.6) is 0 Å². The van der Waals surface area contributed by atoms with Crippen LogP contribution in [-0.4, -0.2) is 11.2 Å². The largest absolute Gasteiger partial charge is 0.416 e. The smallest absolute Gasteiger partial charge is 0.393 e. The Labute approximate surface area is 119 Å². The maximum Gasteiger partial charge on any atom is 0.416 e. The molecule has 0 saturated carbocycles.